The molecule has 9 heterocycles. The van der Waals surface area contributed by atoms with Crippen LogP contribution in [0.15, 0.2) is 468 Å². The van der Waals surface area contributed by atoms with Gasteiger partial charge in [0.15, 0.2) is 52.4 Å². The van der Waals surface area contributed by atoms with Crippen molar-refractivity contribution in [2.24, 2.45) is 0 Å². The predicted molar refractivity (Wildman–Crippen MR) is 582 cm³/mol. The van der Waals surface area contributed by atoms with Crippen molar-refractivity contribution in [1.82, 2.24) is 44.9 Å². The zero-order valence-corrected chi connectivity index (χ0v) is 76.8. The van der Waals surface area contributed by atoms with Crippen LogP contribution in [-0.4, -0.2) is 44.9 Å². The zero-order valence-electron chi connectivity index (χ0n) is 76.8. The Balaban J connectivity index is 0.000000108. The summed E-state index contributed by atoms with van der Waals surface area (Å²) in [6.07, 6.45) is 0. The number of hydrogen-bond acceptors (Lipinski definition) is 15. The third-order valence-corrected chi connectivity index (χ3v) is 27.4. The second kappa shape index (κ2) is 35.0. The second-order valence-electron chi connectivity index (χ2n) is 36.1. The molecule has 27 aromatic rings. The summed E-state index contributed by atoms with van der Waals surface area (Å²) >= 11 is 0. The topological polar surface area (TPSA) is 183 Å². The number of rotatable bonds is 12. The van der Waals surface area contributed by atoms with Crippen LogP contribution in [0, 0.1) is 0 Å². The molecule has 15 heteroatoms. The van der Waals surface area contributed by atoms with Gasteiger partial charge in [-0.1, -0.05) is 353 Å². The van der Waals surface area contributed by atoms with E-state index in [-0.39, 0.29) is 7.43 Å². The quantitative estimate of drug-likeness (QED) is 0.112. The van der Waals surface area contributed by atoms with Crippen LogP contribution in [0.25, 0.3) is 267 Å². The van der Waals surface area contributed by atoms with Gasteiger partial charge >= 0.3 is 0 Å². The lowest BCUT2D eigenvalue weighted by Gasteiger charge is -2.22. The Morgan fingerprint density at radius 2 is 0.400 bits per heavy atom. The van der Waals surface area contributed by atoms with Crippen LogP contribution in [0.3, 0.4) is 0 Å². The van der Waals surface area contributed by atoms with Crippen LogP contribution in [-0.2, 0) is 0 Å². The Kier molecular flexibility index (Phi) is 20.4. The third kappa shape index (κ3) is 15.1. The second-order valence-corrected chi connectivity index (χ2v) is 36.1. The molecule has 6 aromatic heterocycles. The molecule has 0 saturated carbocycles. The molecule has 0 atom stereocenters. The van der Waals surface area contributed by atoms with Crippen LogP contribution in [0.5, 0.6) is 34.5 Å². The van der Waals surface area contributed by atoms with Gasteiger partial charge in [0.1, 0.15) is 68.0 Å². The van der Waals surface area contributed by atoms with Crippen LogP contribution in [0.2, 0.25) is 0 Å². The molecule has 3 aliphatic rings. The summed E-state index contributed by atoms with van der Waals surface area (Å²) in [6, 6.07) is 155. The van der Waals surface area contributed by atoms with Crippen molar-refractivity contribution in [3.05, 3.63) is 455 Å². The highest BCUT2D eigenvalue weighted by Gasteiger charge is 2.28. The Labute approximate surface area is 831 Å². The highest BCUT2D eigenvalue weighted by Crippen LogP contribution is 2.53. The smallest absolute Gasteiger partial charge is 0.164 e. The maximum Gasteiger partial charge on any atom is 0.164 e. The van der Waals surface area contributed by atoms with Crippen LogP contribution in [0.1, 0.15) is 7.43 Å². The summed E-state index contributed by atoms with van der Waals surface area (Å²) in [6.45, 7) is 0. The highest BCUT2D eigenvalue weighted by molar-refractivity contribution is 6.13. The average molecular weight is 1860 g/mol. The van der Waals surface area contributed by atoms with E-state index in [9.17, 15) is 0 Å². The van der Waals surface area contributed by atoms with Crippen LogP contribution in [0.4, 0.5) is 0 Å². The van der Waals surface area contributed by atoms with Gasteiger partial charge in [0.2, 0.25) is 0 Å². The maximum absolute atomic E-state index is 6.33. The number of ether oxygens (including phenoxy) is 3. The number of para-hydroxylation sites is 3. The molecule has 680 valence electrons. The summed E-state index contributed by atoms with van der Waals surface area (Å²) in [5.74, 6) is 10.8. The van der Waals surface area contributed by atoms with Gasteiger partial charge in [0, 0.05) is 115 Å². The van der Waals surface area contributed by atoms with E-state index >= 15 is 0 Å². The van der Waals surface area contributed by atoms with Gasteiger partial charge in [-0.05, 0) is 175 Å². The summed E-state index contributed by atoms with van der Waals surface area (Å²) < 4.78 is 37.4. The van der Waals surface area contributed by atoms with Crippen molar-refractivity contribution in [2.75, 3.05) is 0 Å². The third-order valence-electron chi connectivity index (χ3n) is 27.4. The standard InChI is InChI=1S/3C43H25N3O2.CH4/c1-2-9-28(10-3-1)41-44-42(46-43(45-41)33-15-8-18-38-40(33)32-13-4-5-16-35(32)47-38)29-21-19-26(20-22-29)30-23-24-36-34(25-30)31-14-6-11-27-12-7-17-37(48-36)39(27)31;1-2-8-28(9-3-1)41-44-42(46-43(45-41)31-20-22-33-32-12-4-5-14-36(32)48-39(33)25-31)29-18-16-26(17-19-29)30-21-23-37-35(24-30)34-13-6-10-27-11-7-15-38(47-37)40(27)34;1-2-8-28(9-3-1)41-44-42(46-43(45-41)31-21-23-37-34(25-31)32-12-4-5-14-36(32)47-37)29-18-16-26(17-19-29)30-20-22-38-35(24-30)33-13-6-10-27-11-7-15-39(48-38)40(27)33;/h3*1-25H;1H4. The molecule has 0 radical (unpaired) electrons. The normalized spacial score (nSPS) is 11.8. The monoisotopic (exact) mass is 1860 g/mol. The molecule has 3 aliphatic heterocycles. The van der Waals surface area contributed by atoms with E-state index in [0.29, 0.717) is 52.4 Å². The minimum atomic E-state index is 0. The summed E-state index contributed by atoms with van der Waals surface area (Å²) in [4.78, 5) is 44.8. The van der Waals surface area contributed by atoms with Crippen LogP contribution < -0.4 is 14.2 Å². The Hall–Kier alpha value is -19.8. The molecule has 0 unspecified atom stereocenters. The maximum atomic E-state index is 6.33. The number of aromatic nitrogens is 9. The van der Waals surface area contributed by atoms with E-state index in [2.05, 4.69) is 243 Å². The first-order valence-corrected chi connectivity index (χ1v) is 47.8. The molecular formula is C130H79N9O6. The fraction of sp³-hybridized carbons (Fsp3) is 0.00769. The van der Waals surface area contributed by atoms with Crippen molar-refractivity contribution in [3.8, 4) is 204 Å². The van der Waals surface area contributed by atoms with E-state index in [1.807, 2.05) is 212 Å². The molecule has 15 nitrogen and oxygen atoms in total. The predicted octanol–water partition coefficient (Wildman–Crippen LogP) is 34.7. The first-order valence-electron chi connectivity index (χ1n) is 47.8. The minimum Gasteiger partial charge on any atom is -0.456 e. The molecule has 30 rings (SSSR count). The fourth-order valence-corrected chi connectivity index (χ4v) is 20.4. The summed E-state index contributed by atoms with van der Waals surface area (Å²) in [5, 5.41) is 13.3. The molecule has 0 bridgehead atoms. The molecule has 145 heavy (non-hydrogen) atoms. The molecule has 0 aliphatic carbocycles. The molecule has 0 saturated heterocycles. The molecule has 0 fully saturated rings. The van der Waals surface area contributed by atoms with Gasteiger partial charge in [0.25, 0.3) is 0 Å². The van der Waals surface area contributed by atoms with Gasteiger partial charge in [-0.25, -0.2) is 44.9 Å². The van der Waals surface area contributed by atoms with E-state index in [0.717, 1.165) is 217 Å². The number of hydrogen-bond donors (Lipinski definition) is 0. The van der Waals surface area contributed by atoms with Crippen molar-refractivity contribution in [2.45, 2.75) is 7.43 Å². The van der Waals surface area contributed by atoms with Crippen LogP contribution >= 0.6 is 0 Å². The van der Waals surface area contributed by atoms with Crippen molar-refractivity contribution < 1.29 is 27.5 Å². The SMILES string of the molecule is C.c1ccc(-c2nc(-c3ccc(-c4ccc5c(c4)-c4cccc6cccc(c46)O5)cc3)nc(-c3ccc4c(c3)oc3ccccc34)n2)cc1.c1ccc(-c2nc(-c3ccc(-c4ccc5c(c4)-c4cccc6cccc(c46)O5)cc3)nc(-c3ccc4oc5ccccc5c4c3)n2)cc1.c1ccc(-c2nc(-c3ccc(-c4ccc5c(c4)-c4cccc6cccc(c46)O5)cc3)nc(-c3cccc4oc5ccccc5c34)n2)cc1. The number of benzene rings is 21. The van der Waals surface area contributed by atoms with Gasteiger partial charge in [-0.15, -0.1) is 0 Å². The van der Waals surface area contributed by atoms with Crippen molar-refractivity contribution in [3.63, 3.8) is 0 Å². The largest absolute Gasteiger partial charge is 0.456 e. The number of furan rings is 3. The average Bonchev–Trinajstić information content (AvgIpc) is 1.75. The summed E-state index contributed by atoms with van der Waals surface area (Å²) in [5.41, 5.74) is 26.7. The number of nitrogens with zero attached hydrogens (tertiary/aromatic N) is 9. The van der Waals surface area contributed by atoms with Gasteiger partial charge in [0.05, 0.1) is 0 Å². The Morgan fingerprint density at radius 1 is 0.131 bits per heavy atom. The molecule has 0 N–H and O–H groups in total. The molecule has 0 spiro atoms. The lowest BCUT2D eigenvalue weighted by Crippen LogP contribution is -2.00. The fourth-order valence-electron chi connectivity index (χ4n) is 20.4. The first-order chi connectivity index (χ1) is 71.3. The summed E-state index contributed by atoms with van der Waals surface area (Å²) in [7, 11) is 0. The Morgan fingerprint density at radius 3 is 0.814 bits per heavy atom. The lowest BCUT2D eigenvalue weighted by atomic mass is 9.92. The number of fused-ring (bicyclic) bond motifs is 15. The van der Waals surface area contributed by atoms with Gasteiger partial charge < -0.3 is 27.5 Å². The van der Waals surface area contributed by atoms with E-state index in [1.54, 1.807) is 0 Å². The van der Waals surface area contributed by atoms with Crippen molar-refractivity contribution in [1.29, 1.82) is 0 Å². The highest BCUT2D eigenvalue weighted by atomic mass is 16.5. The molecule has 0 amide bonds. The molecular weight excluding hydrogens is 1780 g/mol. The zero-order chi connectivity index (χ0) is 94.8. The van der Waals surface area contributed by atoms with Gasteiger partial charge in [-0.2, -0.15) is 0 Å². The minimum absolute atomic E-state index is 0. The molecule has 21 aromatic carbocycles. The first kappa shape index (κ1) is 84.5. The van der Waals surface area contributed by atoms with E-state index < -0.39 is 0 Å². The van der Waals surface area contributed by atoms with E-state index in [1.165, 1.54) is 32.8 Å². The lowest BCUT2D eigenvalue weighted by molar-refractivity contribution is 0.487. The van der Waals surface area contributed by atoms with E-state index in [4.69, 9.17) is 72.3 Å². The van der Waals surface area contributed by atoms with Gasteiger partial charge in [-0.3, -0.25) is 0 Å². The van der Waals surface area contributed by atoms with Crippen molar-refractivity contribution >= 4 is 98.1 Å². The Bertz CT molecular complexity index is 9860.